The lowest BCUT2D eigenvalue weighted by Gasteiger charge is -2.26. The van der Waals surface area contributed by atoms with Gasteiger partial charge in [-0.2, -0.15) is 0 Å². The van der Waals surface area contributed by atoms with Gasteiger partial charge in [0, 0.05) is 96.2 Å². The highest BCUT2D eigenvalue weighted by Gasteiger charge is 2.30. The fourth-order valence-corrected chi connectivity index (χ4v) is 13.5. The number of anilines is 3. The average Bonchev–Trinajstić information content (AvgIpc) is 0.795. The van der Waals surface area contributed by atoms with Crippen molar-refractivity contribution in [1.29, 1.82) is 0 Å². The molecule has 10 rings (SSSR count). The first kappa shape index (κ1) is 109. The van der Waals surface area contributed by atoms with Crippen LogP contribution < -0.4 is 38.1 Å². The van der Waals surface area contributed by atoms with Crippen molar-refractivity contribution < 1.29 is 9.47 Å². The molecule has 0 aliphatic rings. The topological polar surface area (TPSA) is 335 Å². The number of fused-ring (bicyclic) bond motifs is 2. The summed E-state index contributed by atoms with van der Waals surface area (Å²) in [6.45, 7) is 73.9. The van der Waals surface area contributed by atoms with E-state index in [1.165, 1.54) is 27.8 Å². The Hall–Kier alpha value is -9.42. The maximum absolute atomic E-state index is 5.90. The van der Waals surface area contributed by atoms with Crippen LogP contribution in [0.15, 0.2) is 72.9 Å². The standard InChI is InChI=1S/2C16H23N3O.C16H21N3.2C14H25N3.C12H21N3.C9H15N3.2CH4/c2*1-16(2,3)15-12-8-7-11(20-6)9-13(12)17-14(18-15)10-19(4)5;1-11-5-7-12(8-6-11)9-13-10-18-15(17)19-14(13)16(2,3)4;2*1-8(2)11-10(4)16-13(9(3)15)17-12(11)14(5,6)7;1-7(2)9-8(3)14-11(13)15-10(9)12(4,5)6;1-6-5-7(9(2,3)4)12-8(10)11-6;;/h2*7-9H,10H2,1-6H3;5-8,10H,9H2,1-4H3,(H2,17,18,19);2*8-9H,15H2,1-7H3;7H,1-6H3,(H2,13,14,15);5H,1-4H3,(H2,10,11,12);2*1H4/t;;;2*9-;;;;/m...10..../s1. The predicted molar refractivity (Wildman–Crippen MR) is 515 cm³/mol. The van der Waals surface area contributed by atoms with Crippen molar-refractivity contribution in [1.82, 2.24) is 79.6 Å². The van der Waals surface area contributed by atoms with Crippen LogP contribution in [0.4, 0.5) is 17.8 Å². The lowest BCUT2D eigenvalue weighted by molar-refractivity contribution is 0.388. The summed E-state index contributed by atoms with van der Waals surface area (Å²) in [5.74, 6) is 7.23. The number of aryl methyl sites for hydroxylation is 5. The van der Waals surface area contributed by atoms with Crippen molar-refractivity contribution in [2.24, 2.45) is 11.5 Å². The third-order valence-electron chi connectivity index (χ3n) is 19.1. The number of rotatable bonds is 13. The van der Waals surface area contributed by atoms with Gasteiger partial charge in [0.25, 0.3) is 0 Å². The second-order valence-corrected chi connectivity index (χ2v) is 40.3. The van der Waals surface area contributed by atoms with Gasteiger partial charge < -0.3 is 47.9 Å². The Labute approximate surface area is 737 Å². The molecule has 10 aromatic rings. The van der Waals surface area contributed by atoms with Gasteiger partial charge >= 0.3 is 0 Å². The molecular formula is C99H161N21O2. The molecule has 7 aromatic heterocycles. The molecule has 0 bridgehead atoms. The second-order valence-electron chi connectivity index (χ2n) is 40.3. The molecular weight excluding hydrogens is 1520 g/mol. The van der Waals surface area contributed by atoms with Crippen molar-refractivity contribution in [3.63, 3.8) is 0 Å². The van der Waals surface area contributed by atoms with Crippen molar-refractivity contribution in [3.8, 4) is 11.5 Å². The zero-order valence-corrected chi connectivity index (χ0v) is 81.3. The molecule has 0 radical (unpaired) electrons. The Morgan fingerprint density at radius 1 is 0.361 bits per heavy atom. The predicted octanol–water partition coefficient (Wildman–Crippen LogP) is 21.4. The molecule has 0 spiro atoms. The van der Waals surface area contributed by atoms with Gasteiger partial charge in [-0.25, -0.2) is 69.8 Å². The summed E-state index contributed by atoms with van der Waals surface area (Å²) in [6.07, 6.45) is 2.69. The zero-order valence-electron chi connectivity index (χ0n) is 81.3. The summed E-state index contributed by atoms with van der Waals surface area (Å²) in [5.41, 5.74) is 49.7. The number of hydrogen-bond acceptors (Lipinski definition) is 23. The fourth-order valence-electron chi connectivity index (χ4n) is 13.5. The molecule has 3 aromatic carbocycles. The van der Waals surface area contributed by atoms with Crippen LogP contribution in [0.25, 0.3) is 21.8 Å². The van der Waals surface area contributed by atoms with Crippen LogP contribution in [0.5, 0.6) is 11.5 Å². The van der Waals surface area contributed by atoms with Gasteiger partial charge in [0.1, 0.15) is 34.8 Å². The molecule has 0 saturated heterocycles. The normalized spacial score (nSPS) is 12.4. The highest BCUT2D eigenvalue weighted by atomic mass is 16.5. The summed E-state index contributed by atoms with van der Waals surface area (Å²) < 4.78 is 10.6. The van der Waals surface area contributed by atoms with E-state index in [4.69, 9.17) is 48.1 Å². The summed E-state index contributed by atoms with van der Waals surface area (Å²) in [5, 5.41) is 2.20. The van der Waals surface area contributed by atoms with Crippen LogP contribution in [0.2, 0.25) is 0 Å². The second kappa shape index (κ2) is 44.8. The molecule has 7 heterocycles. The Morgan fingerprint density at radius 2 is 0.697 bits per heavy atom. The van der Waals surface area contributed by atoms with Gasteiger partial charge in [-0.1, -0.05) is 232 Å². The third-order valence-corrected chi connectivity index (χ3v) is 19.1. The molecule has 674 valence electrons. The van der Waals surface area contributed by atoms with E-state index < -0.39 is 0 Å². The maximum atomic E-state index is 5.90. The molecule has 0 aliphatic carbocycles. The SMILES string of the molecule is C.C.COc1ccc2c(C(C)(C)C)nc(CN(C)C)nc2c1.COc1ccc2c(C(C)(C)C)nc(CN(C)C)nc2c1.Cc1cc(C(C)(C)C)nc(N)n1.Cc1ccc(Cc2cnc(N)nc2C(C)(C)C)cc1.Cc1nc(N)nc(C(C)(C)C)c1C(C)C.Cc1nc([C@@H](C)N)nc(C(C)(C)C)c1C(C)C.Cc1nc([C@H](C)N)nc(C(C)(C)C)c1C(C)C. The van der Waals surface area contributed by atoms with Gasteiger partial charge in [0.05, 0.1) is 90.3 Å². The van der Waals surface area contributed by atoms with E-state index in [0.29, 0.717) is 35.6 Å². The summed E-state index contributed by atoms with van der Waals surface area (Å²) >= 11 is 0. The van der Waals surface area contributed by atoms with E-state index in [0.717, 1.165) is 144 Å². The first-order valence-electron chi connectivity index (χ1n) is 42.1. The van der Waals surface area contributed by atoms with Gasteiger partial charge in [-0.05, 0) is 153 Å². The van der Waals surface area contributed by atoms with Crippen molar-refractivity contribution in [3.05, 3.63) is 192 Å². The Morgan fingerprint density at radius 3 is 1.01 bits per heavy atom. The van der Waals surface area contributed by atoms with Crippen LogP contribution >= 0.6 is 0 Å². The first-order chi connectivity index (χ1) is 54.9. The van der Waals surface area contributed by atoms with E-state index in [1.807, 2.05) is 105 Å². The van der Waals surface area contributed by atoms with Crippen LogP contribution in [0.1, 0.15) is 365 Å². The highest BCUT2D eigenvalue weighted by molar-refractivity contribution is 5.84. The first-order valence-corrected chi connectivity index (χ1v) is 42.1. The van der Waals surface area contributed by atoms with E-state index in [2.05, 4.69) is 302 Å². The van der Waals surface area contributed by atoms with Crippen molar-refractivity contribution in [2.45, 2.75) is 338 Å². The average molecular weight is 1680 g/mol. The van der Waals surface area contributed by atoms with Gasteiger partial charge in [0.2, 0.25) is 17.8 Å². The number of nitrogens with two attached hydrogens (primary N) is 5. The molecule has 0 saturated carbocycles. The molecule has 0 unspecified atom stereocenters. The molecule has 0 amide bonds. The fraction of sp³-hybridized carbons (Fsp3) is 0.576. The highest BCUT2D eigenvalue weighted by Crippen LogP contribution is 2.37. The summed E-state index contributed by atoms with van der Waals surface area (Å²) in [4.78, 5) is 66.8. The minimum absolute atomic E-state index is 0. The quantitative estimate of drug-likeness (QED) is 0.0716. The summed E-state index contributed by atoms with van der Waals surface area (Å²) in [6, 6.07) is 22.3. The van der Waals surface area contributed by atoms with Gasteiger partial charge in [-0.15, -0.1) is 0 Å². The van der Waals surface area contributed by atoms with Crippen LogP contribution in [0, 0.1) is 34.6 Å². The van der Waals surface area contributed by atoms with Crippen LogP contribution in [-0.4, -0.2) is 122 Å². The third kappa shape index (κ3) is 32.7. The number of hydrogen-bond donors (Lipinski definition) is 5. The molecule has 2 atom stereocenters. The molecule has 122 heavy (non-hydrogen) atoms. The zero-order chi connectivity index (χ0) is 91.8. The van der Waals surface area contributed by atoms with E-state index >= 15 is 0 Å². The minimum atomic E-state index is -0.115. The Kier molecular flexibility index (Phi) is 39.9. The van der Waals surface area contributed by atoms with Crippen molar-refractivity contribution in [2.75, 3.05) is 59.6 Å². The molecule has 0 aliphatic heterocycles. The number of nitrogens with zero attached hydrogens (tertiary/aromatic N) is 16. The summed E-state index contributed by atoms with van der Waals surface area (Å²) in [7, 11) is 11.4. The minimum Gasteiger partial charge on any atom is -0.497 e. The number of benzene rings is 3. The lowest BCUT2D eigenvalue weighted by Crippen LogP contribution is -2.23. The Balaban J connectivity index is 0.000000483. The van der Waals surface area contributed by atoms with E-state index in [1.54, 1.807) is 14.2 Å². The molecule has 23 nitrogen and oxygen atoms in total. The van der Waals surface area contributed by atoms with E-state index in [-0.39, 0.29) is 64.8 Å². The van der Waals surface area contributed by atoms with Crippen LogP contribution in [-0.2, 0) is 57.4 Å². The lowest BCUT2D eigenvalue weighted by atomic mass is 9.84. The van der Waals surface area contributed by atoms with Gasteiger partial charge in [-0.3, -0.25) is 0 Å². The molecule has 10 N–H and O–H groups in total. The molecule has 23 heteroatoms. The number of ether oxygens (including phenoxy) is 2. The van der Waals surface area contributed by atoms with Crippen molar-refractivity contribution >= 4 is 39.7 Å². The smallest absolute Gasteiger partial charge is 0.220 e. The monoisotopic (exact) mass is 1680 g/mol. The number of aromatic nitrogens is 14. The number of nitrogen functional groups attached to an aromatic ring is 3. The molecule has 0 fully saturated rings. The van der Waals surface area contributed by atoms with Crippen LogP contribution in [0.3, 0.4) is 0 Å². The van der Waals surface area contributed by atoms with E-state index in [9.17, 15) is 0 Å². The number of methoxy groups -OCH3 is 2. The van der Waals surface area contributed by atoms with Gasteiger partial charge in [0.15, 0.2) is 0 Å². The Bertz CT molecular complexity index is 4770. The maximum Gasteiger partial charge on any atom is 0.220 e. The largest absolute Gasteiger partial charge is 0.497 e.